The van der Waals surface area contributed by atoms with Crippen molar-refractivity contribution in [1.82, 2.24) is 0 Å². The van der Waals surface area contributed by atoms with Gasteiger partial charge in [-0.1, -0.05) is 30.3 Å². The van der Waals surface area contributed by atoms with E-state index in [9.17, 15) is 22.8 Å². The van der Waals surface area contributed by atoms with Crippen molar-refractivity contribution < 1.29 is 32.2 Å². The molecule has 8 heteroatoms. The summed E-state index contributed by atoms with van der Waals surface area (Å²) in [5, 5.41) is 0. The summed E-state index contributed by atoms with van der Waals surface area (Å²) in [5.74, 6) is -0.502. The minimum Gasteiger partial charge on any atom is -0.444 e. The summed E-state index contributed by atoms with van der Waals surface area (Å²) >= 11 is 0. The highest BCUT2D eigenvalue weighted by Gasteiger charge is 2.37. The highest BCUT2D eigenvalue weighted by atomic mass is 19.4. The van der Waals surface area contributed by atoms with Crippen molar-refractivity contribution in [3.8, 4) is 5.75 Å². The van der Waals surface area contributed by atoms with E-state index in [0.717, 1.165) is 11.6 Å². The minimum atomic E-state index is -4.81. The van der Waals surface area contributed by atoms with Gasteiger partial charge in [0.1, 0.15) is 18.1 Å². The van der Waals surface area contributed by atoms with Crippen LogP contribution in [0.2, 0.25) is 0 Å². The normalized spacial score (nSPS) is 15.9. The number of hydrogen-bond donors (Lipinski definition) is 0. The SMILES string of the molecule is CC(=O)C[C@H]1Cc2cc(OC(F)(F)F)ccc2N1C(=O)OCc1ccccc1. The first-order chi connectivity index (χ1) is 13.2. The molecule has 0 aliphatic carbocycles. The third-order valence-electron chi connectivity index (χ3n) is 4.29. The number of hydrogen-bond acceptors (Lipinski definition) is 4. The third kappa shape index (κ3) is 4.82. The highest BCUT2D eigenvalue weighted by Crippen LogP contribution is 2.37. The number of amides is 1. The maximum atomic E-state index is 12.7. The van der Waals surface area contributed by atoms with Crippen LogP contribution in [0, 0.1) is 0 Å². The maximum absolute atomic E-state index is 12.7. The molecule has 148 valence electrons. The lowest BCUT2D eigenvalue weighted by atomic mass is 10.1. The first-order valence-corrected chi connectivity index (χ1v) is 8.61. The van der Waals surface area contributed by atoms with Crippen molar-refractivity contribution in [3.63, 3.8) is 0 Å². The Kier molecular flexibility index (Phi) is 5.58. The van der Waals surface area contributed by atoms with Crippen LogP contribution in [0.5, 0.6) is 5.75 Å². The van der Waals surface area contributed by atoms with E-state index < -0.39 is 18.5 Å². The number of anilines is 1. The van der Waals surface area contributed by atoms with E-state index in [1.807, 2.05) is 18.2 Å². The molecule has 0 fully saturated rings. The number of fused-ring (bicyclic) bond motifs is 1. The van der Waals surface area contributed by atoms with Crippen LogP contribution in [0.25, 0.3) is 0 Å². The molecule has 0 bridgehead atoms. The monoisotopic (exact) mass is 393 g/mol. The third-order valence-corrected chi connectivity index (χ3v) is 4.29. The second kappa shape index (κ2) is 7.92. The minimum absolute atomic E-state index is 0.0492. The van der Waals surface area contributed by atoms with E-state index in [1.54, 1.807) is 12.1 Å². The lowest BCUT2D eigenvalue weighted by molar-refractivity contribution is -0.274. The van der Waals surface area contributed by atoms with Gasteiger partial charge in [0, 0.05) is 6.42 Å². The predicted molar refractivity (Wildman–Crippen MR) is 95.0 cm³/mol. The van der Waals surface area contributed by atoms with Gasteiger partial charge in [-0.05, 0) is 42.7 Å². The second-order valence-corrected chi connectivity index (χ2v) is 6.51. The highest BCUT2D eigenvalue weighted by molar-refractivity contribution is 5.93. The predicted octanol–water partition coefficient (Wildman–Crippen LogP) is 4.63. The number of carbonyl (C=O) groups is 2. The molecule has 1 aliphatic rings. The van der Waals surface area contributed by atoms with Gasteiger partial charge in [0.15, 0.2) is 0 Å². The second-order valence-electron chi connectivity index (χ2n) is 6.51. The van der Waals surface area contributed by atoms with Crippen molar-refractivity contribution in [2.45, 2.75) is 38.8 Å². The molecular weight excluding hydrogens is 375 g/mol. The zero-order valence-corrected chi connectivity index (χ0v) is 15.0. The van der Waals surface area contributed by atoms with Crippen LogP contribution >= 0.6 is 0 Å². The summed E-state index contributed by atoms with van der Waals surface area (Å²) in [6.07, 6.45) is -5.15. The number of ketones is 1. The van der Waals surface area contributed by atoms with Crippen molar-refractivity contribution >= 4 is 17.6 Å². The fourth-order valence-corrected chi connectivity index (χ4v) is 3.23. The van der Waals surface area contributed by atoms with E-state index in [2.05, 4.69) is 4.74 Å². The van der Waals surface area contributed by atoms with Crippen LogP contribution in [0.3, 0.4) is 0 Å². The first kappa shape index (κ1) is 19.7. The van der Waals surface area contributed by atoms with Crippen LogP contribution in [-0.2, 0) is 22.6 Å². The van der Waals surface area contributed by atoms with E-state index >= 15 is 0 Å². The molecule has 0 radical (unpaired) electrons. The number of rotatable bonds is 5. The Morgan fingerprint density at radius 3 is 2.50 bits per heavy atom. The van der Waals surface area contributed by atoms with E-state index in [1.165, 1.54) is 24.0 Å². The van der Waals surface area contributed by atoms with Crippen LogP contribution in [-0.4, -0.2) is 24.3 Å². The summed E-state index contributed by atoms with van der Waals surface area (Å²) in [7, 11) is 0. The fraction of sp³-hybridized carbons (Fsp3) is 0.300. The quantitative estimate of drug-likeness (QED) is 0.743. The van der Waals surface area contributed by atoms with Gasteiger partial charge in [0.2, 0.25) is 0 Å². The zero-order chi connectivity index (χ0) is 20.3. The number of nitrogens with zero attached hydrogens (tertiary/aromatic N) is 1. The Hall–Kier alpha value is -3.03. The van der Waals surface area contributed by atoms with Crippen LogP contribution in [0.4, 0.5) is 23.7 Å². The van der Waals surface area contributed by atoms with Gasteiger partial charge in [0.05, 0.1) is 11.7 Å². The summed E-state index contributed by atoms with van der Waals surface area (Å²) in [4.78, 5) is 25.6. The lowest BCUT2D eigenvalue weighted by Crippen LogP contribution is -2.39. The van der Waals surface area contributed by atoms with E-state index in [0.29, 0.717) is 11.3 Å². The fourth-order valence-electron chi connectivity index (χ4n) is 3.23. The van der Waals surface area contributed by atoms with Crippen LogP contribution in [0.1, 0.15) is 24.5 Å². The van der Waals surface area contributed by atoms with Crippen LogP contribution < -0.4 is 9.64 Å². The Morgan fingerprint density at radius 1 is 1.14 bits per heavy atom. The van der Waals surface area contributed by atoms with Crippen molar-refractivity contribution in [2.24, 2.45) is 0 Å². The molecule has 0 saturated heterocycles. The number of carbonyl (C=O) groups excluding carboxylic acids is 2. The summed E-state index contributed by atoms with van der Waals surface area (Å²) in [5.41, 5.74) is 1.70. The molecule has 2 aromatic rings. The maximum Gasteiger partial charge on any atom is 0.573 e. The largest absolute Gasteiger partial charge is 0.573 e. The zero-order valence-electron chi connectivity index (χ0n) is 15.0. The van der Waals surface area contributed by atoms with Gasteiger partial charge in [0.25, 0.3) is 0 Å². The molecule has 1 heterocycles. The van der Waals surface area contributed by atoms with Gasteiger partial charge >= 0.3 is 12.5 Å². The topological polar surface area (TPSA) is 55.8 Å². The van der Waals surface area contributed by atoms with Gasteiger partial charge < -0.3 is 9.47 Å². The van der Waals surface area contributed by atoms with Gasteiger partial charge in [-0.3, -0.25) is 9.69 Å². The molecule has 5 nitrogen and oxygen atoms in total. The average molecular weight is 393 g/mol. The molecule has 1 aliphatic heterocycles. The molecule has 1 amide bonds. The van der Waals surface area contributed by atoms with Gasteiger partial charge in [-0.25, -0.2) is 4.79 Å². The molecule has 0 spiro atoms. The van der Waals surface area contributed by atoms with Crippen molar-refractivity contribution in [3.05, 3.63) is 59.7 Å². The van der Waals surface area contributed by atoms with E-state index in [-0.39, 0.29) is 31.0 Å². The summed E-state index contributed by atoms with van der Waals surface area (Å²) in [6.45, 7) is 1.45. The van der Waals surface area contributed by atoms with Gasteiger partial charge in [-0.2, -0.15) is 0 Å². The van der Waals surface area contributed by atoms with Crippen LogP contribution in [0.15, 0.2) is 48.5 Å². The molecule has 0 saturated carbocycles. The first-order valence-electron chi connectivity index (χ1n) is 8.61. The number of ether oxygens (including phenoxy) is 2. The Labute approximate surface area is 159 Å². The number of halogens is 3. The Bertz CT molecular complexity index is 867. The number of benzene rings is 2. The Balaban J connectivity index is 1.81. The molecule has 3 rings (SSSR count). The number of alkyl halides is 3. The standard InChI is InChI=1S/C20H18F3NO4/c1-13(25)9-16-10-15-11-17(28-20(21,22)23)7-8-18(15)24(16)19(26)27-12-14-5-3-2-4-6-14/h2-8,11,16H,9-10,12H2,1H3/t16-/m0/s1. The molecule has 28 heavy (non-hydrogen) atoms. The summed E-state index contributed by atoms with van der Waals surface area (Å²) in [6, 6.07) is 12.3. The summed E-state index contributed by atoms with van der Waals surface area (Å²) < 4.78 is 46.7. The Morgan fingerprint density at radius 2 is 1.86 bits per heavy atom. The smallest absolute Gasteiger partial charge is 0.444 e. The lowest BCUT2D eigenvalue weighted by Gasteiger charge is -2.24. The molecule has 1 atom stereocenters. The van der Waals surface area contributed by atoms with E-state index in [4.69, 9.17) is 4.74 Å². The molecule has 0 unspecified atom stereocenters. The van der Waals surface area contributed by atoms with Gasteiger partial charge in [-0.15, -0.1) is 13.2 Å². The molecule has 0 N–H and O–H groups in total. The molecule has 2 aromatic carbocycles. The van der Waals surface area contributed by atoms with Crippen molar-refractivity contribution in [1.29, 1.82) is 0 Å². The number of Topliss-reactive ketones (excluding diaryl/α,β-unsaturated/α-hetero) is 1. The molecular formula is C20H18F3NO4. The average Bonchev–Trinajstić information content (AvgIpc) is 2.95. The van der Waals surface area contributed by atoms with Crippen molar-refractivity contribution in [2.75, 3.05) is 4.90 Å². The molecule has 0 aromatic heterocycles.